The number of hydrogen-bond donors (Lipinski definition) is 0. The van der Waals surface area contributed by atoms with Crippen molar-refractivity contribution in [3.8, 4) is 0 Å². The van der Waals surface area contributed by atoms with Crippen molar-refractivity contribution in [2.45, 2.75) is 100 Å². The molecule has 15 heteroatoms. The largest absolute Gasteiger partial charge is 0.465 e. The summed E-state index contributed by atoms with van der Waals surface area (Å²) < 4.78 is 60.3. The molecule has 0 aromatic heterocycles. The lowest BCUT2D eigenvalue weighted by Crippen LogP contribution is -2.66. The summed E-state index contributed by atoms with van der Waals surface area (Å²) in [4.78, 5) is 49.0. The fourth-order valence-corrected chi connectivity index (χ4v) is 7.48. The Morgan fingerprint density at radius 3 is 1.98 bits per heavy atom. The highest BCUT2D eigenvalue weighted by molar-refractivity contribution is 8.00. The maximum absolute atomic E-state index is 12.5. The highest BCUT2D eigenvalue weighted by Crippen LogP contribution is 2.43. The number of thioether (sulfide) groups is 1. The van der Waals surface area contributed by atoms with Crippen molar-refractivity contribution in [2.24, 2.45) is 0 Å². The average Bonchev–Trinajstić information content (AvgIpc) is 3.09. The predicted octanol–water partition coefficient (Wildman–Crippen LogP) is 3.24. The summed E-state index contributed by atoms with van der Waals surface area (Å²) in [6.45, 7) is 4.88. The van der Waals surface area contributed by atoms with Crippen molar-refractivity contribution in [2.75, 3.05) is 20.3 Å². The molecule has 0 unspecified atom stereocenters. The Morgan fingerprint density at radius 2 is 1.36 bits per heavy atom. The van der Waals surface area contributed by atoms with E-state index >= 15 is 0 Å². The molecule has 3 fully saturated rings. The highest BCUT2D eigenvalue weighted by atomic mass is 32.2. The first-order valence-corrected chi connectivity index (χ1v) is 17.1. The van der Waals surface area contributed by atoms with Gasteiger partial charge >= 0.3 is 23.9 Å². The van der Waals surface area contributed by atoms with Crippen LogP contribution in [0.4, 0.5) is 0 Å². The van der Waals surface area contributed by atoms with Crippen LogP contribution in [0.3, 0.4) is 0 Å². The second-order valence-corrected chi connectivity index (χ2v) is 13.2. The van der Waals surface area contributed by atoms with Gasteiger partial charge in [0.2, 0.25) is 0 Å². The Bertz CT molecular complexity index is 1440. The van der Waals surface area contributed by atoms with Gasteiger partial charge in [-0.3, -0.25) is 19.2 Å². The first-order valence-electron chi connectivity index (χ1n) is 16.2. The van der Waals surface area contributed by atoms with Crippen LogP contribution in [0.25, 0.3) is 0 Å². The maximum atomic E-state index is 12.5. The third-order valence-corrected chi connectivity index (χ3v) is 9.51. The molecule has 3 saturated heterocycles. The van der Waals surface area contributed by atoms with E-state index in [2.05, 4.69) is 0 Å². The van der Waals surface area contributed by atoms with Crippen LogP contribution in [0.5, 0.6) is 0 Å². The van der Waals surface area contributed by atoms with Gasteiger partial charge in [-0.2, -0.15) is 0 Å². The third kappa shape index (κ3) is 9.60. The molecule has 0 spiro atoms. The summed E-state index contributed by atoms with van der Waals surface area (Å²) in [5.74, 6) is -2.71. The van der Waals surface area contributed by atoms with Crippen molar-refractivity contribution >= 4 is 35.6 Å². The van der Waals surface area contributed by atoms with Gasteiger partial charge in [-0.15, -0.1) is 11.8 Å². The van der Waals surface area contributed by atoms with Gasteiger partial charge in [0.25, 0.3) is 0 Å². The van der Waals surface area contributed by atoms with E-state index in [1.807, 2.05) is 60.7 Å². The number of hydrogen-bond acceptors (Lipinski definition) is 15. The number of benzene rings is 2. The minimum Gasteiger partial charge on any atom is -0.465 e. The van der Waals surface area contributed by atoms with Gasteiger partial charge in [-0.25, -0.2) is 0 Å². The Hall–Kier alpha value is -3.57. The zero-order chi connectivity index (χ0) is 35.8. The number of methoxy groups -OCH3 is 1. The van der Waals surface area contributed by atoms with E-state index < -0.39 is 89.9 Å². The van der Waals surface area contributed by atoms with E-state index in [-0.39, 0.29) is 19.8 Å². The summed E-state index contributed by atoms with van der Waals surface area (Å²) in [6.07, 6.45) is -8.75. The van der Waals surface area contributed by atoms with Gasteiger partial charge < -0.3 is 47.4 Å². The second kappa shape index (κ2) is 17.6. The average molecular weight is 719 g/mol. The molecule has 50 heavy (non-hydrogen) atoms. The van der Waals surface area contributed by atoms with Crippen LogP contribution in [0.15, 0.2) is 60.7 Å². The molecule has 11 atom stereocenters. The molecule has 0 saturated carbocycles. The van der Waals surface area contributed by atoms with Crippen LogP contribution in [0, 0.1) is 0 Å². The molecule has 3 heterocycles. The smallest absolute Gasteiger partial charge is 0.303 e. The topological polar surface area (TPSA) is 161 Å². The first kappa shape index (κ1) is 37.7. The Balaban J connectivity index is 1.51. The molecule has 3 aliphatic rings. The van der Waals surface area contributed by atoms with Crippen molar-refractivity contribution in [3.63, 3.8) is 0 Å². The first-order chi connectivity index (χ1) is 24.0. The van der Waals surface area contributed by atoms with E-state index in [9.17, 15) is 19.2 Å². The second-order valence-electron chi connectivity index (χ2n) is 11.9. The van der Waals surface area contributed by atoms with Gasteiger partial charge in [0.05, 0.1) is 18.5 Å². The van der Waals surface area contributed by atoms with Gasteiger partial charge in [0.1, 0.15) is 36.5 Å². The van der Waals surface area contributed by atoms with Crippen LogP contribution in [-0.2, 0) is 73.2 Å². The van der Waals surface area contributed by atoms with Crippen molar-refractivity contribution in [3.05, 3.63) is 71.8 Å². The number of carbonyl (C=O) groups excluding carboxylic acids is 4. The minimum atomic E-state index is -1.34. The van der Waals surface area contributed by atoms with Crippen LogP contribution in [-0.4, -0.2) is 104 Å². The normalized spacial score (nSPS) is 32.2. The Kier molecular flexibility index (Phi) is 13.2. The quantitative estimate of drug-likeness (QED) is 0.232. The lowest BCUT2D eigenvalue weighted by molar-refractivity contribution is -0.371. The Labute approximate surface area is 294 Å². The maximum Gasteiger partial charge on any atom is 0.303 e. The fraction of sp³-hybridized carbons (Fsp3) is 0.543. The van der Waals surface area contributed by atoms with Crippen molar-refractivity contribution < 1.29 is 66.5 Å². The number of rotatable bonds is 12. The van der Waals surface area contributed by atoms with E-state index in [1.54, 1.807) is 0 Å². The lowest BCUT2D eigenvalue weighted by Gasteiger charge is -2.50. The number of esters is 4. The summed E-state index contributed by atoms with van der Waals surface area (Å²) >= 11 is 1.08. The van der Waals surface area contributed by atoms with E-state index in [0.717, 1.165) is 22.9 Å². The molecule has 0 N–H and O–H groups in total. The minimum absolute atomic E-state index is 0.166. The summed E-state index contributed by atoms with van der Waals surface area (Å²) in [7, 11) is 1.45. The molecular weight excluding hydrogens is 676 g/mol. The van der Waals surface area contributed by atoms with Crippen LogP contribution in [0.1, 0.15) is 45.1 Å². The monoisotopic (exact) mass is 718 g/mol. The van der Waals surface area contributed by atoms with E-state index in [1.165, 1.54) is 34.8 Å². The lowest BCUT2D eigenvalue weighted by atomic mass is 9.96. The number of fused-ring (bicyclic) bond motifs is 1. The molecule has 5 rings (SSSR count). The summed E-state index contributed by atoms with van der Waals surface area (Å²) in [5.41, 5.74) is 0.581. The summed E-state index contributed by atoms with van der Waals surface area (Å²) in [5, 5.41) is -0.812. The standard InChI is InChI=1S/C35H42O14S/c1-19(36)41-18-26-28(44-20(2)37)30(45-21(3)38)32(46-22(4)39)35(50-26)49-31-29(42-16-23-12-8-6-9-13-23)27-25(47-34(31)40-5)17-43-33(48-27)24-14-10-7-11-15-24/h6-15,25-35H,16-18H2,1-5H3/t25-,26-,27-,28-,29+,30+,31-,32-,33-,34+,35+/m1/s1. The zero-order valence-corrected chi connectivity index (χ0v) is 29.2. The van der Waals surface area contributed by atoms with Crippen LogP contribution < -0.4 is 0 Å². The molecule has 2 aromatic rings. The van der Waals surface area contributed by atoms with Gasteiger partial charge in [0.15, 0.2) is 30.9 Å². The van der Waals surface area contributed by atoms with Gasteiger partial charge in [0, 0.05) is 40.4 Å². The molecule has 0 radical (unpaired) electrons. The van der Waals surface area contributed by atoms with Gasteiger partial charge in [-0.1, -0.05) is 60.7 Å². The van der Waals surface area contributed by atoms with Gasteiger partial charge in [-0.05, 0) is 5.56 Å². The van der Waals surface area contributed by atoms with Crippen molar-refractivity contribution in [1.82, 2.24) is 0 Å². The molecule has 14 nitrogen and oxygen atoms in total. The zero-order valence-electron chi connectivity index (χ0n) is 28.4. The number of carbonyl (C=O) groups is 4. The molecule has 3 aliphatic heterocycles. The van der Waals surface area contributed by atoms with Crippen molar-refractivity contribution in [1.29, 1.82) is 0 Å². The highest BCUT2D eigenvalue weighted by Gasteiger charge is 2.57. The third-order valence-electron chi connectivity index (χ3n) is 8.11. The molecule has 272 valence electrons. The Morgan fingerprint density at radius 1 is 0.740 bits per heavy atom. The van der Waals surface area contributed by atoms with Crippen LogP contribution >= 0.6 is 11.8 Å². The number of ether oxygens (including phenoxy) is 10. The SMILES string of the molecule is CO[C@H]1O[C@@H]2CO[C@@H](c3ccccc3)O[C@H]2[C@H](OCc2ccccc2)[C@H]1O[C@H]1S[C@H](COC(C)=O)[C@@H](OC(C)=O)[C@H](OC(C)=O)[C@H]1OC(C)=O. The molecule has 0 bridgehead atoms. The molecular formula is C35H42O14S. The summed E-state index contributed by atoms with van der Waals surface area (Å²) in [6, 6.07) is 19.0. The fourth-order valence-electron chi connectivity index (χ4n) is 6.07. The molecule has 2 aromatic carbocycles. The predicted molar refractivity (Wildman–Crippen MR) is 174 cm³/mol. The molecule has 0 amide bonds. The van der Waals surface area contributed by atoms with E-state index in [4.69, 9.17) is 47.4 Å². The van der Waals surface area contributed by atoms with E-state index in [0.29, 0.717) is 0 Å². The molecule has 0 aliphatic carbocycles. The van der Waals surface area contributed by atoms with Crippen LogP contribution in [0.2, 0.25) is 0 Å².